The Labute approximate surface area is 114 Å². The second-order valence-corrected chi connectivity index (χ2v) is 4.25. The van der Waals surface area contributed by atoms with E-state index in [-0.39, 0.29) is 10.8 Å². The van der Waals surface area contributed by atoms with Crippen molar-refractivity contribution in [2.45, 2.75) is 19.5 Å². The number of hydrogen-bond acceptors (Lipinski definition) is 2. The van der Waals surface area contributed by atoms with E-state index in [1.54, 1.807) is 0 Å². The van der Waals surface area contributed by atoms with Crippen molar-refractivity contribution in [1.29, 1.82) is 5.26 Å². The number of hydrogen-bond donors (Lipinski definition) is 1. The first-order valence-electron chi connectivity index (χ1n) is 5.49. The second-order valence-electron chi connectivity index (χ2n) is 3.83. The van der Waals surface area contributed by atoms with Gasteiger partial charge in [0.15, 0.2) is 5.11 Å². The maximum atomic E-state index is 12.8. The van der Waals surface area contributed by atoms with Crippen molar-refractivity contribution in [3.05, 3.63) is 29.3 Å². The van der Waals surface area contributed by atoms with Crippen LogP contribution in [-0.2, 0) is 6.18 Å². The Morgan fingerprint density at radius 1 is 1.47 bits per heavy atom. The molecule has 0 heterocycles. The Balaban J connectivity index is 3.32. The maximum absolute atomic E-state index is 12.8. The molecule has 0 bridgehead atoms. The lowest BCUT2D eigenvalue weighted by Gasteiger charge is -2.23. The number of nitrogens with two attached hydrogens (primary N) is 1. The maximum Gasteiger partial charge on any atom is 0.417 e. The van der Waals surface area contributed by atoms with E-state index in [4.69, 9.17) is 23.2 Å². The van der Waals surface area contributed by atoms with Crippen molar-refractivity contribution in [3.63, 3.8) is 0 Å². The number of benzene rings is 1. The molecule has 19 heavy (non-hydrogen) atoms. The highest BCUT2D eigenvalue weighted by molar-refractivity contribution is 7.80. The van der Waals surface area contributed by atoms with Gasteiger partial charge in [0, 0.05) is 12.2 Å². The molecular formula is C12H12F3N3S. The van der Waals surface area contributed by atoms with Crippen molar-refractivity contribution in [2.24, 2.45) is 5.73 Å². The summed E-state index contributed by atoms with van der Waals surface area (Å²) in [6.45, 7) is 2.28. The Morgan fingerprint density at radius 2 is 2.11 bits per heavy atom. The third-order valence-electron chi connectivity index (χ3n) is 2.45. The highest BCUT2D eigenvalue weighted by Crippen LogP contribution is 2.34. The molecule has 0 aliphatic heterocycles. The van der Waals surface area contributed by atoms with E-state index < -0.39 is 17.3 Å². The molecule has 2 N–H and O–H groups in total. The van der Waals surface area contributed by atoms with Gasteiger partial charge in [0.1, 0.15) is 0 Å². The summed E-state index contributed by atoms with van der Waals surface area (Å²) in [6, 6.07) is 4.95. The molecule has 1 aromatic carbocycles. The molecule has 0 saturated heterocycles. The molecule has 0 aliphatic rings. The Bertz CT molecular complexity index is 520. The van der Waals surface area contributed by atoms with Crippen LogP contribution in [0.4, 0.5) is 18.9 Å². The number of thiocarbonyl (C=S) groups is 1. The highest BCUT2D eigenvalue weighted by Gasteiger charge is 2.34. The van der Waals surface area contributed by atoms with E-state index in [0.717, 1.165) is 12.1 Å². The highest BCUT2D eigenvalue weighted by atomic mass is 32.1. The Morgan fingerprint density at radius 3 is 2.53 bits per heavy atom. The van der Waals surface area contributed by atoms with Gasteiger partial charge < -0.3 is 10.6 Å². The van der Waals surface area contributed by atoms with Crippen LogP contribution >= 0.6 is 12.2 Å². The van der Waals surface area contributed by atoms with Crippen LogP contribution in [0.3, 0.4) is 0 Å². The number of nitriles is 1. The zero-order chi connectivity index (χ0) is 14.6. The second kappa shape index (κ2) is 5.89. The van der Waals surface area contributed by atoms with E-state index in [0.29, 0.717) is 13.0 Å². The average Bonchev–Trinajstić information content (AvgIpc) is 2.33. The van der Waals surface area contributed by atoms with Gasteiger partial charge in [-0.25, -0.2) is 0 Å². The fourth-order valence-corrected chi connectivity index (χ4v) is 1.82. The number of alkyl halides is 3. The van der Waals surface area contributed by atoms with Gasteiger partial charge in [0.05, 0.1) is 17.2 Å². The zero-order valence-corrected chi connectivity index (χ0v) is 11.0. The summed E-state index contributed by atoms with van der Waals surface area (Å²) in [5.41, 5.74) is 4.33. The molecular weight excluding hydrogens is 275 g/mol. The Kier molecular flexibility index (Phi) is 4.72. The van der Waals surface area contributed by atoms with Gasteiger partial charge in [-0.2, -0.15) is 18.4 Å². The normalized spacial score (nSPS) is 10.9. The zero-order valence-electron chi connectivity index (χ0n) is 10.2. The van der Waals surface area contributed by atoms with Crippen LogP contribution < -0.4 is 10.6 Å². The smallest absolute Gasteiger partial charge is 0.376 e. The van der Waals surface area contributed by atoms with E-state index >= 15 is 0 Å². The van der Waals surface area contributed by atoms with Crippen LogP contribution in [0, 0.1) is 11.3 Å². The molecule has 3 nitrogen and oxygen atoms in total. The first kappa shape index (κ1) is 15.2. The van der Waals surface area contributed by atoms with E-state index in [1.807, 2.05) is 6.92 Å². The standard InChI is InChI=1S/C12H12F3N3S/c1-2-5-18(11(17)19)9-4-3-8(7-16)10(6-9)12(13,14)15/h3-4,6H,2,5H2,1H3,(H2,17,19). The lowest BCUT2D eigenvalue weighted by Crippen LogP contribution is -2.36. The predicted octanol–water partition coefficient (Wildman–Crippen LogP) is 3.04. The van der Waals surface area contributed by atoms with Crippen LogP contribution in [0.15, 0.2) is 18.2 Å². The molecule has 0 aliphatic carbocycles. The molecule has 7 heteroatoms. The van der Waals surface area contributed by atoms with Crippen LogP contribution in [0.25, 0.3) is 0 Å². The predicted molar refractivity (Wildman–Crippen MR) is 70.6 cm³/mol. The summed E-state index contributed by atoms with van der Waals surface area (Å²) >= 11 is 4.82. The quantitative estimate of drug-likeness (QED) is 0.868. The van der Waals surface area contributed by atoms with E-state index in [2.05, 4.69) is 0 Å². The first-order valence-corrected chi connectivity index (χ1v) is 5.90. The minimum absolute atomic E-state index is 0.000294. The van der Waals surface area contributed by atoms with Gasteiger partial charge in [-0.05, 0) is 36.8 Å². The summed E-state index contributed by atoms with van der Waals surface area (Å²) in [4.78, 5) is 1.41. The first-order chi connectivity index (χ1) is 8.81. The molecule has 1 rings (SSSR count). The van der Waals surface area contributed by atoms with Crippen molar-refractivity contribution in [2.75, 3.05) is 11.4 Å². The summed E-state index contributed by atoms with van der Waals surface area (Å²) in [7, 11) is 0. The van der Waals surface area contributed by atoms with Crippen LogP contribution in [0.2, 0.25) is 0 Å². The Hall–Kier alpha value is -1.81. The van der Waals surface area contributed by atoms with Crippen LogP contribution in [-0.4, -0.2) is 11.7 Å². The van der Waals surface area contributed by atoms with Crippen LogP contribution in [0.1, 0.15) is 24.5 Å². The summed E-state index contributed by atoms with van der Waals surface area (Å²) in [6.07, 6.45) is -3.91. The number of nitrogens with zero attached hydrogens (tertiary/aromatic N) is 2. The number of anilines is 1. The number of halogens is 3. The molecule has 0 aromatic heterocycles. The summed E-state index contributed by atoms with van der Waals surface area (Å²) < 4.78 is 38.5. The molecule has 0 saturated carbocycles. The third-order valence-corrected chi connectivity index (χ3v) is 2.67. The summed E-state index contributed by atoms with van der Waals surface area (Å²) in [5.74, 6) is 0. The van der Waals surface area contributed by atoms with Gasteiger partial charge in [0.2, 0.25) is 0 Å². The van der Waals surface area contributed by atoms with Crippen molar-refractivity contribution in [3.8, 4) is 6.07 Å². The fraction of sp³-hybridized carbons (Fsp3) is 0.333. The van der Waals surface area contributed by atoms with Crippen molar-refractivity contribution < 1.29 is 13.2 Å². The van der Waals surface area contributed by atoms with Gasteiger partial charge in [0.25, 0.3) is 0 Å². The fourth-order valence-electron chi connectivity index (χ4n) is 1.62. The van der Waals surface area contributed by atoms with Crippen molar-refractivity contribution >= 4 is 23.0 Å². The summed E-state index contributed by atoms with van der Waals surface area (Å²) in [5, 5.41) is 8.71. The molecule has 102 valence electrons. The lowest BCUT2D eigenvalue weighted by atomic mass is 10.1. The minimum atomic E-state index is -4.59. The van der Waals surface area contributed by atoms with E-state index in [9.17, 15) is 13.2 Å². The molecule has 0 spiro atoms. The molecule has 0 amide bonds. The van der Waals surface area contributed by atoms with E-state index in [1.165, 1.54) is 17.0 Å². The van der Waals surface area contributed by atoms with Gasteiger partial charge in [-0.3, -0.25) is 0 Å². The third kappa shape index (κ3) is 3.58. The van der Waals surface area contributed by atoms with Gasteiger partial charge in [-0.1, -0.05) is 6.92 Å². The largest absolute Gasteiger partial charge is 0.417 e. The van der Waals surface area contributed by atoms with Crippen LogP contribution in [0.5, 0.6) is 0 Å². The SMILES string of the molecule is CCCN(C(N)=S)c1ccc(C#N)c(C(F)(F)F)c1. The molecule has 0 atom stereocenters. The average molecular weight is 287 g/mol. The molecule has 1 aromatic rings. The van der Waals surface area contributed by atoms with Gasteiger partial charge in [-0.15, -0.1) is 0 Å². The molecule has 0 fully saturated rings. The van der Waals surface area contributed by atoms with Gasteiger partial charge >= 0.3 is 6.18 Å². The lowest BCUT2D eigenvalue weighted by molar-refractivity contribution is -0.137. The number of rotatable bonds is 3. The van der Waals surface area contributed by atoms with Crippen molar-refractivity contribution in [1.82, 2.24) is 0 Å². The monoisotopic (exact) mass is 287 g/mol. The molecule has 0 unspecified atom stereocenters. The topological polar surface area (TPSA) is 53.0 Å². The molecule has 0 radical (unpaired) electrons. The minimum Gasteiger partial charge on any atom is -0.376 e.